The van der Waals surface area contributed by atoms with E-state index in [1.54, 1.807) is 23.1 Å². The Morgan fingerprint density at radius 1 is 1.00 bits per heavy atom. The van der Waals surface area contributed by atoms with Crippen molar-refractivity contribution in [3.05, 3.63) is 82.9 Å². The molecule has 0 radical (unpaired) electrons. The summed E-state index contributed by atoms with van der Waals surface area (Å²) < 4.78 is 6.02. The summed E-state index contributed by atoms with van der Waals surface area (Å²) in [7, 11) is 0. The minimum Gasteiger partial charge on any atom is -0.455 e. The number of rotatable bonds is 1. The number of anilines is 2. The summed E-state index contributed by atoms with van der Waals surface area (Å²) in [5, 5.41) is 0.334. The molecule has 2 N–H and O–H groups in total. The molecule has 0 spiro atoms. The van der Waals surface area contributed by atoms with E-state index < -0.39 is 0 Å². The van der Waals surface area contributed by atoms with Crippen molar-refractivity contribution >= 4 is 28.9 Å². The van der Waals surface area contributed by atoms with Gasteiger partial charge in [0.1, 0.15) is 5.75 Å². The lowest BCUT2D eigenvalue weighted by Crippen LogP contribution is -2.30. The highest BCUT2D eigenvalue weighted by Gasteiger charge is 2.27. The van der Waals surface area contributed by atoms with E-state index in [2.05, 4.69) is 0 Å². The number of nitrogen functional groups attached to an aromatic ring is 1. The zero-order chi connectivity index (χ0) is 17.4. The van der Waals surface area contributed by atoms with E-state index in [0.717, 1.165) is 11.3 Å². The fourth-order valence-corrected chi connectivity index (χ4v) is 3.18. The number of fused-ring (bicyclic) bond motifs is 2. The highest BCUT2D eigenvalue weighted by atomic mass is 35.5. The monoisotopic (exact) mass is 350 g/mol. The first-order valence-electron chi connectivity index (χ1n) is 7.85. The second kappa shape index (κ2) is 6.15. The van der Waals surface area contributed by atoms with Gasteiger partial charge in [0.15, 0.2) is 5.75 Å². The first-order chi connectivity index (χ1) is 12.1. The Balaban J connectivity index is 1.84. The second-order valence-electron chi connectivity index (χ2n) is 5.81. The molecule has 124 valence electrons. The van der Waals surface area contributed by atoms with Gasteiger partial charge in [0.2, 0.25) is 0 Å². The third kappa shape index (κ3) is 2.81. The van der Waals surface area contributed by atoms with Crippen LogP contribution in [0.1, 0.15) is 15.9 Å². The lowest BCUT2D eigenvalue weighted by Gasteiger charge is -2.22. The van der Waals surface area contributed by atoms with Crippen LogP contribution in [-0.2, 0) is 6.54 Å². The fourth-order valence-electron chi connectivity index (χ4n) is 2.91. The molecular formula is C20H15ClN2O2. The smallest absolute Gasteiger partial charge is 0.260 e. The molecule has 0 unspecified atom stereocenters. The molecule has 1 heterocycles. The third-order valence-electron chi connectivity index (χ3n) is 4.15. The molecule has 0 fully saturated rings. The van der Waals surface area contributed by atoms with Crippen LogP contribution in [0.15, 0.2) is 66.7 Å². The van der Waals surface area contributed by atoms with Crippen LogP contribution in [-0.4, -0.2) is 5.91 Å². The molecule has 4 nitrogen and oxygen atoms in total. The maximum Gasteiger partial charge on any atom is 0.260 e. The van der Waals surface area contributed by atoms with Crippen molar-refractivity contribution in [2.45, 2.75) is 6.54 Å². The van der Waals surface area contributed by atoms with Gasteiger partial charge in [-0.15, -0.1) is 0 Å². The zero-order valence-electron chi connectivity index (χ0n) is 13.3. The number of nitrogens with two attached hydrogens (primary N) is 1. The van der Waals surface area contributed by atoms with Crippen molar-refractivity contribution < 1.29 is 9.53 Å². The molecule has 25 heavy (non-hydrogen) atoms. The van der Waals surface area contributed by atoms with Crippen LogP contribution in [0.25, 0.3) is 0 Å². The fraction of sp³-hybridized carbons (Fsp3) is 0.0500. The van der Waals surface area contributed by atoms with Crippen molar-refractivity contribution in [3.63, 3.8) is 0 Å². The standard InChI is InChI=1S/C20H15ClN2O2/c21-16-11-14(22)9-10-15(16)20(24)23-12-13-5-1-3-7-18(13)25-19-8-4-2-6-17(19)23/h1-11H,12,22H2. The second-order valence-corrected chi connectivity index (χ2v) is 6.22. The van der Waals surface area contributed by atoms with E-state index in [4.69, 9.17) is 22.1 Å². The van der Waals surface area contributed by atoms with Crippen molar-refractivity contribution in [2.24, 2.45) is 0 Å². The lowest BCUT2D eigenvalue weighted by atomic mass is 10.1. The van der Waals surface area contributed by atoms with Gasteiger partial charge < -0.3 is 15.4 Å². The molecule has 0 aliphatic carbocycles. The summed E-state index contributed by atoms with van der Waals surface area (Å²) >= 11 is 6.25. The van der Waals surface area contributed by atoms with Gasteiger partial charge in [-0.3, -0.25) is 4.79 Å². The summed E-state index contributed by atoms with van der Waals surface area (Å²) in [6.45, 7) is 0.396. The van der Waals surface area contributed by atoms with Crippen molar-refractivity contribution in [1.29, 1.82) is 0 Å². The molecule has 0 aromatic heterocycles. The van der Waals surface area contributed by atoms with Gasteiger partial charge in [-0.05, 0) is 36.4 Å². The molecule has 0 saturated heterocycles. The van der Waals surface area contributed by atoms with Gasteiger partial charge in [-0.2, -0.15) is 0 Å². The quantitative estimate of drug-likeness (QED) is 0.637. The van der Waals surface area contributed by atoms with Crippen molar-refractivity contribution in [1.82, 2.24) is 0 Å². The molecule has 1 aliphatic heterocycles. The van der Waals surface area contributed by atoms with Crippen molar-refractivity contribution in [2.75, 3.05) is 10.6 Å². The molecule has 0 bridgehead atoms. The Hall–Kier alpha value is -2.98. The number of amides is 1. The van der Waals surface area contributed by atoms with Crippen LogP contribution in [0.5, 0.6) is 11.5 Å². The number of benzene rings is 3. The minimum atomic E-state index is -0.197. The SMILES string of the molecule is Nc1ccc(C(=O)N2Cc3ccccc3Oc3ccccc32)c(Cl)c1. The van der Waals surface area contributed by atoms with Gasteiger partial charge in [-0.25, -0.2) is 0 Å². The number of ether oxygens (including phenoxy) is 1. The van der Waals surface area contributed by atoms with Crippen LogP contribution < -0.4 is 15.4 Å². The molecule has 5 heteroatoms. The number of carbonyl (C=O) groups excluding carboxylic acids is 1. The van der Waals surface area contributed by atoms with E-state index >= 15 is 0 Å². The Kier molecular flexibility index (Phi) is 3.82. The molecule has 1 amide bonds. The first kappa shape index (κ1) is 15.5. The molecule has 1 aliphatic rings. The molecule has 0 saturated carbocycles. The molecule has 4 rings (SSSR count). The predicted molar refractivity (Wildman–Crippen MR) is 99.3 cm³/mol. The average molecular weight is 351 g/mol. The van der Waals surface area contributed by atoms with Crippen LogP contribution >= 0.6 is 11.6 Å². The topological polar surface area (TPSA) is 55.6 Å². The van der Waals surface area contributed by atoms with E-state index in [1.165, 1.54) is 0 Å². The summed E-state index contributed by atoms with van der Waals surface area (Å²) in [6.07, 6.45) is 0. The molecule has 3 aromatic rings. The van der Waals surface area contributed by atoms with Gasteiger partial charge >= 0.3 is 0 Å². The molecule has 0 atom stereocenters. The van der Waals surface area contributed by atoms with Gasteiger partial charge in [0, 0.05) is 11.3 Å². The summed E-state index contributed by atoms with van der Waals surface area (Å²) in [6, 6.07) is 20.1. The molecular weight excluding hydrogens is 336 g/mol. The minimum absolute atomic E-state index is 0.197. The number of para-hydroxylation sites is 3. The maximum atomic E-state index is 13.2. The van der Waals surface area contributed by atoms with Crippen molar-refractivity contribution in [3.8, 4) is 11.5 Å². The number of hydrogen-bond acceptors (Lipinski definition) is 3. The highest BCUT2D eigenvalue weighted by molar-refractivity contribution is 6.34. The Labute approximate surface area is 150 Å². The number of halogens is 1. The van der Waals surface area contributed by atoms with E-state index in [1.807, 2.05) is 48.5 Å². The normalized spacial score (nSPS) is 12.6. The number of hydrogen-bond donors (Lipinski definition) is 1. The summed E-state index contributed by atoms with van der Waals surface area (Å²) in [4.78, 5) is 14.9. The van der Waals surface area contributed by atoms with Gasteiger partial charge in [-0.1, -0.05) is 41.9 Å². The van der Waals surface area contributed by atoms with Crippen LogP contribution in [0, 0.1) is 0 Å². The zero-order valence-corrected chi connectivity index (χ0v) is 14.0. The van der Waals surface area contributed by atoms with Crippen LogP contribution in [0.2, 0.25) is 5.02 Å². The average Bonchev–Trinajstić information content (AvgIpc) is 2.78. The van der Waals surface area contributed by atoms with E-state index in [-0.39, 0.29) is 5.91 Å². The highest BCUT2D eigenvalue weighted by Crippen LogP contribution is 2.39. The van der Waals surface area contributed by atoms with E-state index in [9.17, 15) is 4.79 Å². The Morgan fingerprint density at radius 3 is 2.52 bits per heavy atom. The third-order valence-corrected chi connectivity index (χ3v) is 4.46. The maximum absolute atomic E-state index is 13.2. The van der Waals surface area contributed by atoms with Crippen LogP contribution in [0.4, 0.5) is 11.4 Å². The number of carbonyl (C=O) groups is 1. The van der Waals surface area contributed by atoms with Gasteiger partial charge in [0.25, 0.3) is 5.91 Å². The van der Waals surface area contributed by atoms with E-state index in [0.29, 0.717) is 34.3 Å². The first-order valence-corrected chi connectivity index (χ1v) is 8.23. The predicted octanol–water partition coefficient (Wildman–Crippen LogP) is 4.87. The molecule has 3 aromatic carbocycles. The van der Waals surface area contributed by atoms with Gasteiger partial charge in [0.05, 0.1) is 22.8 Å². The lowest BCUT2D eigenvalue weighted by molar-refractivity contribution is 0.0985. The largest absolute Gasteiger partial charge is 0.455 e. The number of nitrogens with zero attached hydrogens (tertiary/aromatic N) is 1. The van der Waals surface area contributed by atoms with Crippen LogP contribution in [0.3, 0.4) is 0 Å². The summed E-state index contributed by atoms with van der Waals surface area (Å²) in [5.41, 5.74) is 8.30. The Morgan fingerprint density at radius 2 is 1.72 bits per heavy atom. The summed E-state index contributed by atoms with van der Waals surface area (Å²) in [5.74, 6) is 1.18. The Bertz CT molecular complexity index is 971.